The van der Waals surface area contributed by atoms with Crippen LogP contribution >= 0.6 is 0 Å². The number of anilines is 1. The van der Waals surface area contributed by atoms with Crippen molar-refractivity contribution in [2.45, 2.75) is 32.2 Å². The number of para-hydroxylation sites is 1. The van der Waals surface area contributed by atoms with E-state index in [9.17, 15) is 9.59 Å². The Labute approximate surface area is 194 Å². The average Bonchev–Trinajstić information content (AvgIpc) is 2.85. The standard InChI is InChI=1S/C27H29N3O3/c1-19-10-12-21(13-11-19)30-25(31)15-14-23(26(30)22-8-3-4-9-24(22)33-2)27(32)29-18-16-20-7-5-6-17-28-20/h3-13,17,23,26H,14-16,18H2,1-2H3,(H,29,32)/t23-,26-/m1/s1. The fourth-order valence-electron chi connectivity index (χ4n) is 4.43. The van der Waals surface area contributed by atoms with E-state index in [1.807, 2.05) is 73.7 Å². The first-order valence-electron chi connectivity index (χ1n) is 11.3. The van der Waals surface area contributed by atoms with E-state index >= 15 is 0 Å². The number of aryl methyl sites for hydroxylation is 1. The molecule has 2 amide bonds. The summed E-state index contributed by atoms with van der Waals surface area (Å²) in [6.45, 7) is 2.50. The molecule has 0 saturated carbocycles. The van der Waals surface area contributed by atoms with Crippen LogP contribution in [0.3, 0.4) is 0 Å². The summed E-state index contributed by atoms with van der Waals surface area (Å²) >= 11 is 0. The van der Waals surface area contributed by atoms with Gasteiger partial charge in [-0.05, 0) is 43.7 Å². The van der Waals surface area contributed by atoms with Gasteiger partial charge in [-0.1, -0.05) is 42.0 Å². The first-order chi connectivity index (χ1) is 16.1. The lowest BCUT2D eigenvalue weighted by Gasteiger charge is -2.41. The van der Waals surface area contributed by atoms with Crippen molar-refractivity contribution in [3.05, 3.63) is 89.7 Å². The first-order valence-corrected chi connectivity index (χ1v) is 11.3. The number of pyridine rings is 1. The van der Waals surface area contributed by atoms with Crippen molar-refractivity contribution in [2.24, 2.45) is 5.92 Å². The van der Waals surface area contributed by atoms with Gasteiger partial charge in [-0.3, -0.25) is 14.6 Å². The molecule has 3 aromatic rings. The maximum Gasteiger partial charge on any atom is 0.227 e. The zero-order valence-electron chi connectivity index (χ0n) is 19.0. The van der Waals surface area contributed by atoms with E-state index in [1.165, 1.54) is 0 Å². The van der Waals surface area contributed by atoms with E-state index in [-0.39, 0.29) is 11.8 Å². The topological polar surface area (TPSA) is 71.5 Å². The third-order valence-electron chi connectivity index (χ3n) is 6.11. The summed E-state index contributed by atoms with van der Waals surface area (Å²) in [5.41, 5.74) is 3.66. The molecule has 1 N–H and O–H groups in total. The number of nitrogens with one attached hydrogen (secondary N) is 1. The third kappa shape index (κ3) is 5.06. The lowest BCUT2D eigenvalue weighted by Crippen LogP contribution is -2.48. The van der Waals surface area contributed by atoms with Gasteiger partial charge in [0.05, 0.1) is 19.1 Å². The fraction of sp³-hybridized carbons (Fsp3) is 0.296. The second-order valence-corrected chi connectivity index (χ2v) is 8.29. The molecular weight excluding hydrogens is 414 g/mol. The van der Waals surface area contributed by atoms with Crippen LogP contribution in [0, 0.1) is 12.8 Å². The molecule has 1 aliphatic rings. The van der Waals surface area contributed by atoms with Crippen LogP contribution in [-0.4, -0.2) is 30.5 Å². The molecule has 6 heteroatoms. The van der Waals surface area contributed by atoms with Gasteiger partial charge < -0.3 is 15.0 Å². The Morgan fingerprint density at radius 3 is 2.58 bits per heavy atom. The average molecular weight is 444 g/mol. The molecule has 0 spiro atoms. The van der Waals surface area contributed by atoms with Crippen molar-refractivity contribution < 1.29 is 14.3 Å². The van der Waals surface area contributed by atoms with Crippen LogP contribution in [0.2, 0.25) is 0 Å². The zero-order valence-corrected chi connectivity index (χ0v) is 19.0. The van der Waals surface area contributed by atoms with Crippen LogP contribution in [0.5, 0.6) is 5.75 Å². The molecule has 33 heavy (non-hydrogen) atoms. The Balaban J connectivity index is 1.64. The Morgan fingerprint density at radius 2 is 1.85 bits per heavy atom. The minimum absolute atomic E-state index is 0.00675. The van der Waals surface area contributed by atoms with Crippen LogP contribution in [0.25, 0.3) is 0 Å². The molecule has 1 saturated heterocycles. The molecule has 1 aliphatic heterocycles. The Bertz CT molecular complexity index is 1100. The monoisotopic (exact) mass is 443 g/mol. The Morgan fingerprint density at radius 1 is 1.09 bits per heavy atom. The fourth-order valence-corrected chi connectivity index (χ4v) is 4.43. The van der Waals surface area contributed by atoms with Gasteiger partial charge in [0.15, 0.2) is 0 Å². The molecule has 0 unspecified atom stereocenters. The number of aromatic nitrogens is 1. The van der Waals surface area contributed by atoms with Crippen molar-refractivity contribution >= 4 is 17.5 Å². The predicted molar refractivity (Wildman–Crippen MR) is 128 cm³/mol. The minimum atomic E-state index is -0.458. The van der Waals surface area contributed by atoms with Gasteiger partial charge in [0.25, 0.3) is 0 Å². The number of methoxy groups -OCH3 is 1. The molecule has 2 atom stereocenters. The number of nitrogens with zero attached hydrogens (tertiary/aromatic N) is 2. The van der Waals surface area contributed by atoms with Gasteiger partial charge in [-0.2, -0.15) is 0 Å². The van der Waals surface area contributed by atoms with Crippen LogP contribution in [-0.2, 0) is 16.0 Å². The summed E-state index contributed by atoms with van der Waals surface area (Å²) in [6.07, 6.45) is 3.21. The van der Waals surface area contributed by atoms with Crippen LogP contribution in [0.4, 0.5) is 5.69 Å². The van der Waals surface area contributed by atoms with E-state index < -0.39 is 12.0 Å². The minimum Gasteiger partial charge on any atom is -0.496 e. The molecule has 0 radical (unpaired) electrons. The number of ether oxygens (including phenoxy) is 1. The van der Waals surface area contributed by atoms with Gasteiger partial charge in [0, 0.05) is 42.5 Å². The van der Waals surface area contributed by atoms with Crippen LogP contribution in [0.1, 0.15) is 35.7 Å². The summed E-state index contributed by atoms with van der Waals surface area (Å²) in [7, 11) is 1.61. The molecule has 1 aromatic heterocycles. The lowest BCUT2D eigenvalue weighted by atomic mass is 9.82. The molecule has 1 fully saturated rings. The van der Waals surface area contributed by atoms with Gasteiger partial charge in [0.1, 0.15) is 5.75 Å². The normalized spacial score (nSPS) is 18.1. The summed E-state index contributed by atoms with van der Waals surface area (Å²) in [5.74, 6) is 0.211. The van der Waals surface area contributed by atoms with E-state index in [1.54, 1.807) is 18.2 Å². The van der Waals surface area contributed by atoms with E-state index in [0.29, 0.717) is 31.6 Å². The van der Waals surface area contributed by atoms with Crippen molar-refractivity contribution in [2.75, 3.05) is 18.6 Å². The number of piperidine rings is 1. The Kier molecular flexibility index (Phi) is 7.03. The van der Waals surface area contributed by atoms with Crippen molar-refractivity contribution in [1.29, 1.82) is 0 Å². The number of rotatable bonds is 7. The summed E-state index contributed by atoms with van der Waals surface area (Å²) < 4.78 is 5.63. The second-order valence-electron chi connectivity index (χ2n) is 8.29. The molecule has 0 bridgehead atoms. The van der Waals surface area contributed by atoms with E-state index in [2.05, 4.69) is 10.3 Å². The van der Waals surface area contributed by atoms with E-state index in [0.717, 1.165) is 22.5 Å². The maximum atomic E-state index is 13.4. The number of amides is 2. The Hall–Kier alpha value is -3.67. The van der Waals surface area contributed by atoms with Gasteiger partial charge >= 0.3 is 0 Å². The number of hydrogen-bond acceptors (Lipinski definition) is 4. The highest BCUT2D eigenvalue weighted by molar-refractivity contribution is 5.97. The molecular formula is C27H29N3O3. The second kappa shape index (κ2) is 10.3. The maximum absolute atomic E-state index is 13.4. The van der Waals surface area contributed by atoms with Crippen molar-refractivity contribution in [1.82, 2.24) is 10.3 Å². The number of benzene rings is 2. The van der Waals surface area contributed by atoms with Crippen molar-refractivity contribution in [3.8, 4) is 5.75 Å². The largest absolute Gasteiger partial charge is 0.496 e. The molecule has 6 nitrogen and oxygen atoms in total. The van der Waals surface area contributed by atoms with Crippen molar-refractivity contribution in [3.63, 3.8) is 0 Å². The molecule has 170 valence electrons. The van der Waals surface area contributed by atoms with Gasteiger partial charge in [0.2, 0.25) is 11.8 Å². The summed E-state index contributed by atoms with van der Waals surface area (Å²) in [6, 6.07) is 20.8. The predicted octanol–water partition coefficient (Wildman–Crippen LogP) is 4.24. The quantitative estimate of drug-likeness (QED) is 0.593. The van der Waals surface area contributed by atoms with Gasteiger partial charge in [-0.25, -0.2) is 0 Å². The van der Waals surface area contributed by atoms with Crippen LogP contribution < -0.4 is 15.0 Å². The molecule has 2 aromatic carbocycles. The highest BCUT2D eigenvalue weighted by Crippen LogP contribution is 2.43. The molecule has 0 aliphatic carbocycles. The number of carbonyl (C=O) groups is 2. The van der Waals surface area contributed by atoms with Gasteiger partial charge in [-0.15, -0.1) is 0 Å². The highest BCUT2D eigenvalue weighted by atomic mass is 16.5. The first kappa shape index (κ1) is 22.5. The van der Waals surface area contributed by atoms with E-state index in [4.69, 9.17) is 4.74 Å². The zero-order chi connectivity index (χ0) is 23.2. The smallest absolute Gasteiger partial charge is 0.227 e. The third-order valence-corrected chi connectivity index (χ3v) is 6.11. The van der Waals surface area contributed by atoms with Crippen LogP contribution in [0.15, 0.2) is 72.9 Å². The lowest BCUT2D eigenvalue weighted by molar-refractivity contribution is -0.129. The number of carbonyl (C=O) groups excluding carboxylic acids is 2. The summed E-state index contributed by atoms with van der Waals surface area (Å²) in [5, 5.41) is 3.08. The summed E-state index contributed by atoms with van der Waals surface area (Å²) in [4.78, 5) is 32.7. The molecule has 4 rings (SSSR count). The number of hydrogen-bond donors (Lipinski definition) is 1. The molecule has 2 heterocycles. The SMILES string of the molecule is COc1ccccc1[C@@H]1[C@H](C(=O)NCCc2ccccn2)CCC(=O)N1c1ccc(C)cc1. The highest BCUT2D eigenvalue weighted by Gasteiger charge is 2.42.